The van der Waals surface area contributed by atoms with Crippen molar-refractivity contribution in [3.05, 3.63) is 70.6 Å². The van der Waals surface area contributed by atoms with Gasteiger partial charge in [-0.05, 0) is 42.8 Å². The third-order valence-corrected chi connectivity index (χ3v) is 3.94. The van der Waals surface area contributed by atoms with Gasteiger partial charge in [0.2, 0.25) is 5.95 Å². The molecule has 2 aromatic carbocycles. The number of halogens is 2. The first-order chi connectivity index (χ1) is 12.5. The molecule has 0 saturated heterocycles. The highest BCUT2D eigenvalue weighted by Gasteiger charge is 2.06. The summed E-state index contributed by atoms with van der Waals surface area (Å²) in [5.74, 6) is 1.47. The Morgan fingerprint density at radius 1 is 1.08 bits per heavy atom. The molecule has 0 aliphatic carbocycles. The van der Waals surface area contributed by atoms with E-state index in [9.17, 15) is 4.39 Å². The molecule has 3 rings (SSSR count). The van der Waals surface area contributed by atoms with Crippen LogP contribution in [-0.4, -0.2) is 17.1 Å². The van der Waals surface area contributed by atoms with E-state index in [0.717, 1.165) is 16.9 Å². The summed E-state index contributed by atoms with van der Waals surface area (Å²) in [6, 6.07) is 13.5. The highest BCUT2D eigenvalue weighted by atomic mass is 35.5. The minimum absolute atomic E-state index is 0.253. The Morgan fingerprint density at radius 2 is 1.85 bits per heavy atom. The Kier molecular flexibility index (Phi) is 5.53. The Labute approximate surface area is 156 Å². The second-order valence-electron chi connectivity index (χ2n) is 5.67. The number of hydrogen-bond donors (Lipinski definition) is 2. The lowest BCUT2D eigenvalue weighted by atomic mass is 10.2. The summed E-state index contributed by atoms with van der Waals surface area (Å²) in [5.41, 5.74) is 2.52. The lowest BCUT2D eigenvalue weighted by Crippen LogP contribution is -2.05. The molecule has 5 nitrogen and oxygen atoms in total. The third-order valence-electron chi connectivity index (χ3n) is 3.65. The van der Waals surface area contributed by atoms with Crippen LogP contribution in [0.2, 0.25) is 5.02 Å². The van der Waals surface area contributed by atoms with Gasteiger partial charge in [-0.15, -0.1) is 0 Å². The van der Waals surface area contributed by atoms with Gasteiger partial charge in [-0.25, -0.2) is 9.37 Å². The number of benzene rings is 2. The van der Waals surface area contributed by atoms with Crippen molar-refractivity contribution in [3.63, 3.8) is 0 Å². The van der Waals surface area contributed by atoms with Gasteiger partial charge in [0.15, 0.2) is 0 Å². The summed E-state index contributed by atoms with van der Waals surface area (Å²) in [7, 11) is 1.57. The molecular weight excluding hydrogens is 355 g/mol. The first-order valence-corrected chi connectivity index (χ1v) is 8.36. The fourth-order valence-electron chi connectivity index (χ4n) is 2.38. The van der Waals surface area contributed by atoms with E-state index >= 15 is 0 Å². The molecule has 0 atom stereocenters. The van der Waals surface area contributed by atoms with Crippen LogP contribution >= 0.6 is 11.6 Å². The second-order valence-corrected chi connectivity index (χ2v) is 6.08. The highest BCUT2D eigenvalue weighted by Crippen LogP contribution is 2.28. The molecule has 1 aromatic heterocycles. The topological polar surface area (TPSA) is 59.1 Å². The first kappa shape index (κ1) is 17.9. The summed E-state index contributed by atoms with van der Waals surface area (Å²) in [6.07, 6.45) is 0. The maximum atomic E-state index is 13.0. The summed E-state index contributed by atoms with van der Waals surface area (Å²) < 4.78 is 18.1. The quantitative estimate of drug-likeness (QED) is 0.641. The first-order valence-electron chi connectivity index (χ1n) is 7.98. The molecule has 0 fully saturated rings. The average molecular weight is 373 g/mol. The van der Waals surface area contributed by atoms with Crippen molar-refractivity contribution in [2.45, 2.75) is 13.5 Å². The lowest BCUT2D eigenvalue weighted by Gasteiger charge is -2.11. The van der Waals surface area contributed by atoms with Gasteiger partial charge in [-0.1, -0.05) is 23.7 Å². The number of ether oxygens (including phenoxy) is 1. The van der Waals surface area contributed by atoms with Gasteiger partial charge in [0.1, 0.15) is 17.4 Å². The maximum absolute atomic E-state index is 13.0. The van der Waals surface area contributed by atoms with E-state index in [2.05, 4.69) is 20.6 Å². The molecule has 3 aromatic rings. The smallest absolute Gasteiger partial charge is 0.229 e. The minimum atomic E-state index is -0.253. The Morgan fingerprint density at radius 3 is 2.54 bits per heavy atom. The Balaban J connectivity index is 1.72. The van der Waals surface area contributed by atoms with E-state index in [1.165, 1.54) is 12.1 Å². The number of nitrogens with one attached hydrogen (secondary N) is 2. The third kappa shape index (κ3) is 4.61. The zero-order valence-corrected chi connectivity index (χ0v) is 15.1. The zero-order chi connectivity index (χ0) is 18.5. The lowest BCUT2D eigenvalue weighted by molar-refractivity contribution is 0.415. The van der Waals surface area contributed by atoms with Crippen LogP contribution in [0.3, 0.4) is 0 Å². The van der Waals surface area contributed by atoms with Crippen LogP contribution in [0.25, 0.3) is 0 Å². The summed E-state index contributed by atoms with van der Waals surface area (Å²) in [4.78, 5) is 8.83. The molecule has 0 saturated carbocycles. The summed E-state index contributed by atoms with van der Waals surface area (Å²) in [6.45, 7) is 2.42. The molecule has 1 heterocycles. The summed E-state index contributed by atoms with van der Waals surface area (Å²) in [5, 5.41) is 6.85. The molecule has 0 aliphatic rings. The van der Waals surface area contributed by atoms with Crippen molar-refractivity contribution in [2.24, 2.45) is 0 Å². The van der Waals surface area contributed by atoms with Gasteiger partial charge in [-0.3, -0.25) is 0 Å². The van der Waals surface area contributed by atoms with Crippen LogP contribution in [0.1, 0.15) is 11.3 Å². The Bertz CT molecular complexity index is 903. The predicted octanol–water partition coefficient (Wildman–Crippen LogP) is 4.94. The van der Waals surface area contributed by atoms with Crippen LogP contribution in [0.15, 0.2) is 48.5 Å². The molecule has 0 aliphatic heterocycles. The predicted molar refractivity (Wildman–Crippen MR) is 102 cm³/mol. The van der Waals surface area contributed by atoms with Crippen molar-refractivity contribution in [2.75, 3.05) is 17.7 Å². The van der Waals surface area contributed by atoms with Gasteiger partial charge in [0.25, 0.3) is 0 Å². The van der Waals surface area contributed by atoms with E-state index in [1.54, 1.807) is 31.4 Å². The normalized spacial score (nSPS) is 10.5. The van der Waals surface area contributed by atoms with Gasteiger partial charge >= 0.3 is 0 Å². The van der Waals surface area contributed by atoms with Crippen LogP contribution in [0.4, 0.5) is 21.8 Å². The highest BCUT2D eigenvalue weighted by molar-refractivity contribution is 6.32. The molecular formula is C19H18ClFN4O. The molecule has 134 valence electrons. The van der Waals surface area contributed by atoms with Crippen molar-refractivity contribution >= 4 is 29.1 Å². The molecule has 0 unspecified atom stereocenters. The number of rotatable bonds is 6. The van der Waals surface area contributed by atoms with Gasteiger partial charge in [-0.2, -0.15) is 4.98 Å². The number of nitrogens with zero attached hydrogens (tertiary/aromatic N) is 2. The number of methoxy groups -OCH3 is 1. The van der Waals surface area contributed by atoms with Gasteiger partial charge < -0.3 is 15.4 Å². The molecule has 26 heavy (non-hydrogen) atoms. The van der Waals surface area contributed by atoms with E-state index in [-0.39, 0.29) is 5.82 Å². The van der Waals surface area contributed by atoms with Gasteiger partial charge in [0.05, 0.1) is 12.1 Å². The SMILES string of the molecule is COc1ccc(Nc2nc(C)cc(NCc3ccc(F)cc3)n2)cc1Cl. The maximum Gasteiger partial charge on any atom is 0.229 e. The van der Waals surface area contributed by atoms with Crippen molar-refractivity contribution < 1.29 is 9.13 Å². The van der Waals surface area contributed by atoms with E-state index in [0.29, 0.717) is 29.1 Å². The van der Waals surface area contributed by atoms with E-state index < -0.39 is 0 Å². The number of anilines is 3. The van der Waals surface area contributed by atoms with Crippen LogP contribution in [0, 0.1) is 12.7 Å². The van der Waals surface area contributed by atoms with Crippen LogP contribution < -0.4 is 15.4 Å². The number of aryl methyl sites for hydroxylation is 1. The molecule has 0 spiro atoms. The van der Waals surface area contributed by atoms with Crippen LogP contribution in [-0.2, 0) is 6.54 Å². The molecule has 2 N–H and O–H groups in total. The van der Waals surface area contributed by atoms with Crippen molar-refractivity contribution in [1.29, 1.82) is 0 Å². The standard InChI is InChI=1S/C19H18ClFN4O/c1-12-9-18(22-11-13-3-5-14(21)6-4-13)25-19(23-12)24-15-7-8-17(26-2)16(20)10-15/h3-10H,11H2,1-2H3,(H2,22,23,24,25). The zero-order valence-electron chi connectivity index (χ0n) is 14.4. The Hall–Kier alpha value is -2.86. The summed E-state index contributed by atoms with van der Waals surface area (Å²) >= 11 is 6.14. The second kappa shape index (κ2) is 8.01. The largest absolute Gasteiger partial charge is 0.495 e. The molecule has 7 heteroatoms. The number of hydrogen-bond acceptors (Lipinski definition) is 5. The molecule has 0 radical (unpaired) electrons. The van der Waals surface area contributed by atoms with Crippen molar-refractivity contribution in [1.82, 2.24) is 9.97 Å². The fraction of sp³-hybridized carbons (Fsp3) is 0.158. The van der Waals surface area contributed by atoms with Crippen LogP contribution in [0.5, 0.6) is 5.75 Å². The number of aromatic nitrogens is 2. The molecule has 0 amide bonds. The minimum Gasteiger partial charge on any atom is -0.495 e. The van der Waals surface area contributed by atoms with Crippen molar-refractivity contribution in [3.8, 4) is 5.75 Å². The monoisotopic (exact) mass is 372 g/mol. The fourth-order valence-corrected chi connectivity index (χ4v) is 2.64. The van der Waals surface area contributed by atoms with E-state index in [4.69, 9.17) is 16.3 Å². The van der Waals surface area contributed by atoms with Gasteiger partial charge in [0, 0.05) is 24.0 Å². The molecule has 0 bridgehead atoms. The van der Waals surface area contributed by atoms with E-state index in [1.807, 2.05) is 19.1 Å². The average Bonchev–Trinajstić information content (AvgIpc) is 2.61.